The Bertz CT molecular complexity index is 1330. The number of carbonyl (C=O) groups excluding carboxylic acids is 1. The zero-order valence-corrected chi connectivity index (χ0v) is 18.5. The van der Waals surface area contributed by atoms with Crippen LogP contribution in [0.25, 0.3) is 10.9 Å². The van der Waals surface area contributed by atoms with Crippen LogP contribution in [0, 0.1) is 18.1 Å². The van der Waals surface area contributed by atoms with E-state index in [2.05, 4.69) is 25.8 Å². The van der Waals surface area contributed by atoms with E-state index in [4.69, 9.17) is 9.47 Å². The molecule has 8 nitrogen and oxygen atoms in total. The number of carbonyl (C=O) groups is 1. The molecule has 0 bridgehead atoms. The van der Waals surface area contributed by atoms with Gasteiger partial charge in [-0.3, -0.25) is 14.9 Å². The minimum atomic E-state index is -1.11. The molecule has 0 spiro atoms. The number of nitrogens with zero attached hydrogens (tertiary/aromatic N) is 2. The molecular weight excluding hydrogens is 444 g/mol. The van der Waals surface area contributed by atoms with Gasteiger partial charge in [0.05, 0.1) is 37.0 Å². The largest absolute Gasteiger partial charge is 0.493 e. The number of benzene rings is 2. The van der Waals surface area contributed by atoms with Gasteiger partial charge in [0, 0.05) is 29.4 Å². The van der Waals surface area contributed by atoms with Crippen molar-refractivity contribution in [2.75, 3.05) is 24.4 Å². The van der Waals surface area contributed by atoms with Gasteiger partial charge in [-0.1, -0.05) is 13.0 Å². The first kappa shape index (κ1) is 23.0. The Morgan fingerprint density at radius 2 is 2.00 bits per heavy atom. The third-order valence-electron chi connectivity index (χ3n) is 4.90. The third kappa shape index (κ3) is 5.06. The van der Waals surface area contributed by atoms with E-state index in [0.29, 0.717) is 35.1 Å². The van der Waals surface area contributed by atoms with Crippen molar-refractivity contribution in [3.8, 4) is 11.5 Å². The van der Waals surface area contributed by atoms with Crippen LogP contribution in [0.4, 0.5) is 26.0 Å². The van der Waals surface area contributed by atoms with Crippen LogP contribution in [0.1, 0.15) is 12.6 Å². The van der Waals surface area contributed by atoms with Gasteiger partial charge >= 0.3 is 0 Å². The summed E-state index contributed by atoms with van der Waals surface area (Å²) in [6.07, 6.45) is 3.44. The molecule has 0 aliphatic rings. The molecule has 34 heavy (non-hydrogen) atoms. The summed E-state index contributed by atoms with van der Waals surface area (Å²) in [5, 5.41) is 13.3. The summed E-state index contributed by atoms with van der Waals surface area (Å²) in [4.78, 5) is 16.7. The lowest BCUT2D eigenvalue weighted by Crippen LogP contribution is -2.16. The molecule has 1 amide bonds. The van der Waals surface area contributed by atoms with Crippen molar-refractivity contribution >= 4 is 34.0 Å². The molecule has 2 heterocycles. The average molecular weight is 466 g/mol. The maximum atomic E-state index is 13.8. The van der Waals surface area contributed by atoms with Gasteiger partial charge in [-0.2, -0.15) is 5.10 Å². The van der Waals surface area contributed by atoms with Crippen molar-refractivity contribution < 1.29 is 23.0 Å². The Morgan fingerprint density at radius 1 is 1.15 bits per heavy atom. The lowest BCUT2D eigenvalue weighted by atomic mass is 10.1. The molecule has 1 radical (unpaired) electrons. The summed E-state index contributed by atoms with van der Waals surface area (Å²) in [7, 11) is 1.56. The Hall–Kier alpha value is -4.21. The molecule has 175 valence electrons. The molecule has 3 N–H and O–H groups in total. The Morgan fingerprint density at radius 3 is 2.79 bits per heavy atom. The smallest absolute Gasteiger partial charge is 0.230 e. The van der Waals surface area contributed by atoms with Gasteiger partial charge in [0.2, 0.25) is 5.91 Å². The highest BCUT2D eigenvalue weighted by atomic mass is 19.2. The Labute approximate surface area is 194 Å². The van der Waals surface area contributed by atoms with Crippen molar-refractivity contribution in [1.82, 2.24) is 15.2 Å². The van der Waals surface area contributed by atoms with E-state index < -0.39 is 17.5 Å². The summed E-state index contributed by atoms with van der Waals surface area (Å²) < 4.78 is 38.3. The predicted octanol–water partition coefficient (Wildman–Crippen LogP) is 4.77. The van der Waals surface area contributed by atoms with E-state index in [9.17, 15) is 13.6 Å². The molecule has 2 aromatic heterocycles. The highest BCUT2D eigenvalue weighted by Crippen LogP contribution is 2.35. The molecule has 4 aromatic rings. The summed E-state index contributed by atoms with van der Waals surface area (Å²) in [5.41, 5.74) is 1.69. The SMILES string of the molecule is C[CH]COc1cc2nccc(Nc3cc(CC(=O)Nc4cccc(F)c4F)[nH]n3)c2cc1OC. The molecule has 0 atom stereocenters. The number of ether oxygens (including phenoxy) is 2. The molecule has 0 aliphatic carbocycles. The van der Waals surface area contributed by atoms with Gasteiger partial charge in [-0.05, 0) is 30.7 Å². The van der Waals surface area contributed by atoms with Gasteiger partial charge in [-0.15, -0.1) is 0 Å². The fourth-order valence-corrected chi connectivity index (χ4v) is 3.33. The lowest BCUT2D eigenvalue weighted by Gasteiger charge is -2.13. The maximum Gasteiger partial charge on any atom is 0.230 e. The number of hydrogen-bond acceptors (Lipinski definition) is 6. The van der Waals surface area contributed by atoms with E-state index in [-0.39, 0.29) is 12.1 Å². The average Bonchev–Trinajstić information content (AvgIpc) is 3.26. The van der Waals surface area contributed by atoms with Gasteiger partial charge in [0.15, 0.2) is 29.0 Å². The monoisotopic (exact) mass is 466 g/mol. The number of H-pyrrole nitrogens is 1. The number of anilines is 3. The second kappa shape index (κ2) is 10.2. The van der Waals surface area contributed by atoms with E-state index in [0.717, 1.165) is 17.1 Å². The quantitative estimate of drug-likeness (QED) is 0.328. The summed E-state index contributed by atoms with van der Waals surface area (Å²) in [6.45, 7) is 2.34. The van der Waals surface area contributed by atoms with Crippen LogP contribution in [0.5, 0.6) is 11.5 Å². The van der Waals surface area contributed by atoms with Crippen LogP contribution < -0.4 is 20.1 Å². The van der Waals surface area contributed by atoms with Crippen molar-refractivity contribution in [2.24, 2.45) is 0 Å². The molecule has 0 saturated heterocycles. The summed E-state index contributed by atoms with van der Waals surface area (Å²) >= 11 is 0. The van der Waals surface area contributed by atoms with Gasteiger partial charge in [0.1, 0.15) is 0 Å². The molecule has 10 heteroatoms. The molecule has 0 unspecified atom stereocenters. The number of rotatable bonds is 9. The molecular formula is C24H22F2N5O3. The fraction of sp³-hybridized carbons (Fsp3) is 0.167. The van der Waals surface area contributed by atoms with Crippen LogP contribution in [-0.2, 0) is 11.2 Å². The van der Waals surface area contributed by atoms with Crippen LogP contribution in [0.15, 0.2) is 48.7 Å². The first-order chi connectivity index (χ1) is 16.5. The van der Waals surface area contributed by atoms with Crippen LogP contribution in [0.2, 0.25) is 0 Å². The number of nitrogens with one attached hydrogen (secondary N) is 3. The highest BCUT2D eigenvalue weighted by Gasteiger charge is 2.14. The highest BCUT2D eigenvalue weighted by molar-refractivity contribution is 5.95. The number of fused-ring (bicyclic) bond motifs is 1. The maximum absolute atomic E-state index is 13.8. The number of methoxy groups -OCH3 is 1. The van der Waals surface area contributed by atoms with Crippen molar-refractivity contribution in [1.29, 1.82) is 0 Å². The third-order valence-corrected chi connectivity index (χ3v) is 4.90. The molecule has 0 aliphatic heterocycles. The van der Waals surface area contributed by atoms with Crippen LogP contribution >= 0.6 is 0 Å². The summed E-state index contributed by atoms with van der Waals surface area (Å²) in [6, 6.07) is 10.6. The van der Waals surface area contributed by atoms with Gasteiger partial charge < -0.3 is 20.1 Å². The lowest BCUT2D eigenvalue weighted by molar-refractivity contribution is -0.115. The Kier molecular flexibility index (Phi) is 6.86. The minimum Gasteiger partial charge on any atom is -0.493 e. The normalized spacial score (nSPS) is 10.8. The molecule has 0 saturated carbocycles. The molecule has 4 rings (SSSR count). The van der Waals surface area contributed by atoms with E-state index in [1.54, 1.807) is 31.5 Å². The zero-order valence-electron chi connectivity index (χ0n) is 18.5. The molecule has 2 aromatic carbocycles. The molecule has 0 fully saturated rings. The zero-order chi connectivity index (χ0) is 24.1. The number of halogens is 2. The van der Waals surface area contributed by atoms with Gasteiger partial charge in [0.25, 0.3) is 0 Å². The van der Waals surface area contributed by atoms with E-state index in [1.165, 1.54) is 12.1 Å². The number of aromatic nitrogens is 3. The van der Waals surface area contributed by atoms with Crippen molar-refractivity contribution in [3.05, 3.63) is 72.4 Å². The number of aromatic amines is 1. The number of pyridine rings is 1. The van der Waals surface area contributed by atoms with Crippen LogP contribution in [-0.4, -0.2) is 34.8 Å². The topological polar surface area (TPSA) is 101 Å². The second-order valence-electron chi connectivity index (χ2n) is 7.33. The summed E-state index contributed by atoms with van der Waals surface area (Å²) in [5.74, 6) is -1.05. The second-order valence-corrected chi connectivity index (χ2v) is 7.33. The minimum absolute atomic E-state index is 0.106. The standard InChI is InChI=1S/C24H22F2N5O3/c1-3-9-34-21-13-19-15(12-20(21)33-2)17(7-8-27-19)28-22-10-14(30-31-22)11-23(32)29-18-6-4-5-16(25)24(18)26/h3-8,10,12-13H,9,11H2,1-2H3,(H,29,32)(H2,27,28,30,31). The van der Waals surface area contributed by atoms with Gasteiger partial charge in [-0.25, -0.2) is 8.78 Å². The predicted molar refractivity (Wildman–Crippen MR) is 124 cm³/mol. The van der Waals surface area contributed by atoms with Crippen LogP contribution in [0.3, 0.4) is 0 Å². The van der Waals surface area contributed by atoms with E-state index in [1.807, 2.05) is 19.4 Å². The van der Waals surface area contributed by atoms with Crippen molar-refractivity contribution in [3.63, 3.8) is 0 Å². The first-order valence-corrected chi connectivity index (χ1v) is 10.4. The number of hydrogen-bond donors (Lipinski definition) is 3. The van der Waals surface area contributed by atoms with Crippen molar-refractivity contribution in [2.45, 2.75) is 13.3 Å². The van der Waals surface area contributed by atoms with E-state index >= 15 is 0 Å². The fourth-order valence-electron chi connectivity index (χ4n) is 3.33. The Balaban J connectivity index is 1.49. The number of amides is 1. The first-order valence-electron chi connectivity index (χ1n) is 10.4.